The number of hydrogen-bond donors (Lipinski definition) is 2. The SMILES string of the molecule is NC(=S)Nc1c([N+](=O)[O-])ccc(Br)c1C(F)(F)F. The van der Waals surface area contributed by atoms with Crippen molar-refractivity contribution in [1.29, 1.82) is 0 Å². The topological polar surface area (TPSA) is 81.2 Å². The number of halogens is 4. The summed E-state index contributed by atoms with van der Waals surface area (Å²) in [5, 5.41) is 12.2. The summed E-state index contributed by atoms with van der Waals surface area (Å²) in [5.41, 5.74) is 2.29. The standard InChI is InChI=1S/C8H5BrF3N3O2S/c9-3-1-2-4(15(16)17)6(14-7(13)18)5(3)8(10,11)12/h1-2H,(H3,13,14,18). The molecule has 0 spiro atoms. The van der Waals surface area contributed by atoms with Crippen molar-refractivity contribution in [2.24, 2.45) is 5.73 Å². The summed E-state index contributed by atoms with van der Waals surface area (Å²) in [6, 6.07) is 1.85. The van der Waals surface area contributed by atoms with Gasteiger partial charge in [0.25, 0.3) is 5.69 Å². The summed E-state index contributed by atoms with van der Waals surface area (Å²) in [4.78, 5) is 9.74. The van der Waals surface area contributed by atoms with Crippen molar-refractivity contribution in [3.63, 3.8) is 0 Å². The van der Waals surface area contributed by atoms with E-state index in [1.165, 1.54) is 0 Å². The van der Waals surface area contributed by atoms with Crippen LogP contribution in [0.5, 0.6) is 0 Å². The molecular weight excluding hydrogens is 339 g/mol. The van der Waals surface area contributed by atoms with Gasteiger partial charge in [-0.15, -0.1) is 0 Å². The third kappa shape index (κ3) is 3.07. The molecule has 0 bridgehead atoms. The van der Waals surface area contributed by atoms with E-state index >= 15 is 0 Å². The molecular formula is C8H5BrF3N3O2S. The van der Waals surface area contributed by atoms with Crippen LogP contribution >= 0.6 is 28.1 Å². The molecule has 0 saturated heterocycles. The van der Waals surface area contributed by atoms with Crippen molar-refractivity contribution in [2.45, 2.75) is 6.18 Å². The fourth-order valence-corrected chi connectivity index (χ4v) is 1.90. The third-order valence-corrected chi connectivity index (χ3v) is 2.62. The Hall–Kier alpha value is -1.42. The molecule has 98 valence electrons. The second-order valence-corrected chi connectivity index (χ2v) is 4.35. The molecule has 0 radical (unpaired) electrons. The Balaban J connectivity index is 3.60. The van der Waals surface area contributed by atoms with Crippen molar-refractivity contribution in [2.75, 3.05) is 5.32 Å². The minimum absolute atomic E-state index is 0.348. The van der Waals surface area contributed by atoms with Crippen LogP contribution in [0.2, 0.25) is 0 Å². The lowest BCUT2D eigenvalue weighted by molar-refractivity contribution is -0.384. The van der Waals surface area contributed by atoms with Crippen LogP contribution < -0.4 is 11.1 Å². The van der Waals surface area contributed by atoms with Crippen LogP contribution in [0.1, 0.15) is 5.56 Å². The lowest BCUT2D eigenvalue weighted by Gasteiger charge is -2.15. The van der Waals surface area contributed by atoms with Gasteiger partial charge in [-0.1, -0.05) is 15.9 Å². The average molecular weight is 344 g/mol. The van der Waals surface area contributed by atoms with Crippen LogP contribution in [0.25, 0.3) is 0 Å². The monoisotopic (exact) mass is 343 g/mol. The first-order valence-corrected chi connectivity index (χ1v) is 5.45. The van der Waals surface area contributed by atoms with Crippen LogP contribution in [-0.4, -0.2) is 10.0 Å². The first-order valence-electron chi connectivity index (χ1n) is 4.25. The van der Waals surface area contributed by atoms with Gasteiger partial charge in [0.15, 0.2) is 5.11 Å². The van der Waals surface area contributed by atoms with Crippen molar-refractivity contribution < 1.29 is 18.1 Å². The van der Waals surface area contributed by atoms with E-state index in [1.807, 2.05) is 5.32 Å². The van der Waals surface area contributed by atoms with Crippen LogP contribution in [0, 0.1) is 10.1 Å². The molecule has 0 heterocycles. The largest absolute Gasteiger partial charge is 0.419 e. The smallest absolute Gasteiger partial charge is 0.376 e. The van der Waals surface area contributed by atoms with Gasteiger partial charge in [0, 0.05) is 10.5 Å². The van der Waals surface area contributed by atoms with Gasteiger partial charge in [-0.3, -0.25) is 10.1 Å². The highest BCUT2D eigenvalue weighted by Crippen LogP contribution is 2.43. The summed E-state index contributed by atoms with van der Waals surface area (Å²) >= 11 is 7.10. The minimum Gasteiger partial charge on any atom is -0.376 e. The zero-order chi connectivity index (χ0) is 14.1. The number of nitrogens with two attached hydrogens (primary N) is 1. The Morgan fingerprint density at radius 1 is 1.50 bits per heavy atom. The van der Waals surface area contributed by atoms with E-state index in [2.05, 4.69) is 28.1 Å². The zero-order valence-corrected chi connectivity index (χ0v) is 10.8. The highest BCUT2D eigenvalue weighted by molar-refractivity contribution is 9.10. The predicted molar refractivity (Wildman–Crippen MR) is 66.2 cm³/mol. The summed E-state index contributed by atoms with van der Waals surface area (Å²) < 4.78 is 38.1. The van der Waals surface area contributed by atoms with Crippen molar-refractivity contribution in [1.82, 2.24) is 0 Å². The highest BCUT2D eigenvalue weighted by atomic mass is 79.9. The number of alkyl halides is 3. The van der Waals surface area contributed by atoms with Crippen LogP contribution in [0.3, 0.4) is 0 Å². The average Bonchev–Trinajstić information content (AvgIpc) is 2.13. The van der Waals surface area contributed by atoms with E-state index in [1.54, 1.807) is 0 Å². The molecule has 0 atom stereocenters. The molecule has 0 unspecified atom stereocenters. The minimum atomic E-state index is -4.79. The van der Waals surface area contributed by atoms with Crippen molar-refractivity contribution >= 4 is 44.6 Å². The number of thiocarbonyl (C=S) groups is 1. The van der Waals surface area contributed by atoms with Crippen molar-refractivity contribution in [3.8, 4) is 0 Å². The van der Waals surface area contributed by atoms with Gasteiger partial charge in [-0.05, 0) is 18.3 Å². The number of nitrogens with one attached hydrogen (secondary N) is 1. The Morgan fingerprint density at radius 2 is 2.06 bits per heavy atom. The third-order valence-electron chi connectivity index (χ3n) is 1.86. The van der Waals surface area contributed by atoms with E-state index in [0.29, 0.717) is 0 Å². The second kappa shape index (κ2) is 5.06. The normalized spacial score (nSPS) is 11.1. The molecule has 1 aromatic carbocycles. The summed E-state index contributed by atoms with van der Waals surface area (Å²) in [7, 11) is 0. The first kappa shape index (κ1) is 14.6. The molecule has 0 aromatic heterocycles. The van der Waals surface area contributed by atoms with Crippen LogP contribution in [-0.2, 0) is 6.18 Å². The number of hydrogen-bond acceptors (Lipinski definition) is 3. The quantitative estimate of drug-likeness (QED) is 0.490. The Bertz CT molecular complexity index is 521. The maximum atomic E-state index is 12.8. The van der Waals surface area contributed by atoms with Gasteiger partial charge in [0.1, 0.15) is 11.3 Å². The van der Waals surface area contributed by atoms with Gasteiger partial charge >= 0.3 is 6.18 Å². The molecule has 3 N–H and O–H groups in total. The number of nitro groups is 1. The Labute approximate surface area is 112 Å². The first-order chi connectivity index (χ1) is 8.14. The number of nitro benzene ring substituents is 1. The van der Waals surface area contributed by atoms with Gasteiger partial charge in [0.2, 0.25) is 0 Å². The summed E-state index contributed by atoms with van der Waals surface area (Å²) in [6.45, 7) is 0. The van der Waals surface area contributed by atoms with E-state index in [4.69, 9.17) is 5.73 Å². The van der Waals surface area contributed by atoms with Crippen molar-refractivity contribution in [3.05, 3.63) is 32.3 Å². The molecule has 5 nitrogen and oxygen atoms in total. The summed E-state index contributed by atoms with van der Waals surface area (Å²) in [5.74, 6) is 0. The summed E-state index contributed by atoms with van der Waals surface area (Å²) in [6.07, 6.45) is -4.79. The molecule has 0 amide bonds. The van der Waals surface area contributed by atoms with Crippen LogP contribution in [0.4, 0.5) is 24.5 Å². The Morgan fingerprint density at radius 3 is 2.44 bits per heavy atom. The number of nitrogens with zero attached hydrogens (tertiary/aromatic N) is 1. The van der Waals surface area contributed by atoms with Gasteiger partial charge in [0.05, 0.1) is 4.92 Å². The predicted octanol–water partition coefficient (Wildman–Crippen LogP) is 3.03. The fraction of sp³-hybridized carbons (Fsp3) is 0.125. The van der Waals surface area contributed by atoms with Gasteiger partial charge in [-0.25, -0.2) is 0 Å². The van der Waals surface area contributed by atoms with Gasteiger partial charge < -0.3 is 11.1 Å². The van der Waals surface area contributed by atoms with E-state index < -0.39 is 33.2 Å². The highest BCUT2D eigenvalue weighted by Gasteiger charge is 2.39. The Kier molecular flexibility index (Phi) is 4.12. The molecule has 1 rings (SSSR count). The lowest BCUT2D eigenvalue weighted by Crippen LogP contribution is -2.23. The molecule has 0 aliphatic carbocycles. The number of benzene rings is 1. The maximum absolute atomic E-state index is 12.8. The number of rotatable bonds is 2. The van der Waals surface area contributed by atoms with Crippen LogP contribution in [0.15, 0.2) is 16.6 Å². The molecule has 0 saturated carbocycles. The molecule has 0 fully saturated rings. The number of anilines is 1. The molecule has 10 heteroatoms. The second-order valence-electron chi connectivity index (χ2n) is 3.06. The molecule has 1 aromatic rings. The van der Waals surface area contributed by atoms with E-state index in [-0.39, 0.29) is 4.47 Å². The maximum Gasteiger partial charge on any atom is 0.419 e. The zero-order valence-electron chi connectivity index (χ0n) is 8.42. The molecule has 0 aliphatic rings. The molecule has 0 aliphatic heterocycles. The van der Waals surface area contributed by atoms with Gasteiger partial charge in [-0.2, -0.15) is 13.2 Å². The molecule has 18 heavy (non-hydrogen) atoms. The van der Waals surface area contributed by atoms with E-state index in [0.717, 1.165) is 12.1 Å². The lowest BCUT2D eigenvalue weighted by atomic mass is 10.1. The van der Waals surface area contributed by atoms with E-state index in [9.17, 15) is 23.3 Å². The fourth-order valence-electron chi connectivity index (χ4n) is 1.25.